The SMILES string of the molecule is CC(C)c1ccc(OCCC(=O)N2CCCCC2C(C)N)cc1. The van der Waals surface area contributed by atoms with Gasteiger partial charge < -0.3 is 15.4 Å². The van der Waals surface area contributed by atoms with Crippen molar-refractivity contribution in [1.82, 2.24) is 4.90 Å². The fraction of sp³-hybridized carbons (Fsp3) is 0.632. The van der Waals surface area contributed by atoms with E-state index in [9.17, 15) is 4.79 Å². The van der Waals surface area contributed by atoms with Gasteiger partial charge >= 0.3 is 0 Å². The van der Waals surface area contributed by atoms with Crippen LogP contribution in [0.15, 0.2) is 24.3 Å². The van der Waals surface area contributed by atoms with Gasteiger partial charge in [-0.15, -0.1) is 0 Å². The molecule has 4 heteroatoms. The number of nitrogens with zero attached hydrogens (tertiary/aromatic N) is 1. The summed E-state index contributed by atoms with van der Waals surface area (Å²) >= 11 is 0. The first-order valence-corrected chi connectivity index (χ1v) is 8.77. The number of benzene rings is 1. The maximum atomic E-state index is 12.4. The van der Waals surface area contributed by atoms with Gasteiger partial charge in [-0.05, 0) is 49.8 Å². The topological polar surface area (TPSA) is 55.6 Å². The molecule has 1 fully saturated rings. The third-order valence-electron chi connectivity index (χ3n) is 4.61. The summed E-state index contributed by atoms with van der Waals surface area (Å²) in [5.41, 5.74) is 7.32. The number of rotatable bonds is 6. The Morgan fingerprint density at radius 3 is 2.57 bits per heavy atom. The van der Waals surface area contributed by atoms with E-state index < -0.39 is 0 Å². The van der Waals surface area contributed by atoms with Crippen LogP contribution in [0.1, 0.15) is 57.9 Å². The van der Waals surface area contributed by atoms with Crippen LogP contribution < -0.4 is 10.5 Å². The predicted octanol–water partition coefficient (Wildman–Crippen LogP) is 3.31. The Balaban J connectivity index is 1.81. The Bertz CT molecular complexity index is 497. The van der Waals surface area contributed by atoms with E-state index in [1.165, 1.54) is 5.56 Å². The zero-order valence-corrected chi connectivity index (χ0v) is 14.6. The number of carbonyl (C=O) groups is 1. The molecular weight excluding hydrogens is 288 g/mol. The van der Waals surface area contributed by atoms with Crippen molar-refractivity contribution in [2.75, 3.05) is 13.2 Å². The highest BCUT2D eigenvalue weighted by Gasteiger charge is 2.28. The minimum absolute atomic E-state index is 0.0312. The zero-order chi connectivity index (χ0) is 16.8. The first-order chi connectivity index (χ1) is 11.0. The smallest absolute Gasteiger partial charge is 0.226 e. The standard InChI is InChI=1S/C19H30N2O2/c1-14(2)16-7-9-17(10-8-16)23-13-11-19(22)21-12-5-4-6-18(21)15(3)20/h7-10,14-15,18H,4-6,11-13,20H2,1-3H3. The van der Waals surface area contributed by atoms with Crippen molar-refractivity contribution in [3.8, 4) is 5.75 Å². The van der Waals surface area contributed by atoms with Gasteiger partial charge in [0.05, 0.1) is 13.0 Å². The molecule has 1 aromatic rings. The molecule has 0 radical (unpaired) electrons. The molecule has 23 heavy (non-hydrogen) atoms. The lowest BCUT2D eigenvalue weighted by atomic mass is 9.96. The fourth-order valence-electron chi connectivity index (χ4n) is 3.16. The normalized spacial score (nSPS) is 19.7. The molecule has 0 aromatic heterocycles. The second kappa shape index (κ2) is 8.34. The highest BCUT2D eigenvalue weighted by atomic mass is 16.5. The molecule has 4 nitrogen and oxygen atoms in total. The molecule has 128 valence electrons. The van der Waals surface area contributed by atoms with Crippen molar-refractivity contribution >= 4 is 5.91 Å². The molecule has 0 aliphatic carbocycles. The van der Waals surface area contributed by atoms with Gasteiger partial charge in [-0.25, -0.2) is 0 Å². The Morgan fingerprint density at radius 2 is 1.96 bits per heavy atom. The van der Waals surface area contributed by atoms with Gasteiger partial charge in [0, 0.05) is 18.6 Å². The monoisotopic (exact) mass is 318 g/mol. The number of carbonyl (C=O) groups excluding carboxylic acids is 1. The second-order valence-electron chi connectivity index (χ2n) is 6.83. The fourth-order valence-corrected chi connectivity index (χ4v) is 3.16. The van der Waals surface area contributed by atoms with Crippen molar-refractivity contribution < 1.29 is 9.53 Å². The molecule has 0 saturated carbocycles. The van der Waals surface area contributed by atoms with E-state index in [-0.39, 0.29) is 18.0 Å². The van der Waals surface area contributed by atoms with Crippen LogP contribution in [-0.4, -0.2) is 36.0 Å². The Kier molecular flexibility index (Phi) is 6.46. The van der Waals surface area contributed by atoms with Crippen molar-refractivity contribution in [2.45, 2.75) is 64.5 Å². The van der Waals surface area contributed by atoms with E-state index in [0.717, 1.165) is 31.6 Å². The number of amides is 1. The first-order valence-electron chi connectivity index (χ1n) is 8.77. The van der Waals surface area contributed by atoms with E-state index in [1.54, 1.807) is 0 Å². The molecule has 1 saturated heterocycles. The lowest BCUT2D eigenvalue weighted by Crippen LogP contribution is -2.51. The molecule has 2 unspecified atom stereocenters. The lowest BCUT2D eigenvalue weighted by molar-refractivity contribution is -0.135. The maximum absolute atomic E-state index is 12.4. The Hall–Kier alpha value is -1.55. The average Bonchev–Trinajstić information content (AvgIpc) is 2.55. The summed E-state index contributed by atoms with van der Waals surface area (Å²) in [7, 11) is 0. The van der Waals surface area contributed by atoms with E-state index in [2.05, 4.69) is 26.0 Å². The largest absolute Gasteiger partial charge is 0.493 e. The summed E-state index contributed by atoms with van der Waals surface area (Å²) in [5.74, 6) is 1.50. The van der Waals surface area contributed by atoms with Crippen LogP contribution in [-0.2, 0) is 4.79 Å². The third-order valence-corrected chi connectivity index (χ3v) is 4.61. The van der Waals surface area contributed by atoms with Crippen LogP contribution in [0.4, 0.5) is 0 Å². The molecule has 0 bridgehead atoms. The van der Waals surface area contributed by atoms with Gasteiger partial charge in [0.25, 0.3) is 0 Å². The van der Waals surface area contributed by atoms with E-state index in [4.69, 9.17) is 10.5 Å². The lowest BCUT2D eigenvalue weighted by Gasteiger charge is -2.38. The van der Waals surface area contributed by atoms with Gasteiger partial charge in [0.15, 0.2) is 0 Å². The molecule has 1 heterocycles. The quantitative estimate of drug-likeness (QED) is 0.875. The summed E-state index contributed by atoms with van der Waals surface area (Å²) in [4.78, 5) is 14.4. The molecule has 1 amide bonds. The van der Waals surface area contributed by atoms with Gasteiger partial charge in [-0.2, -0.15) is 0 Å². The van der Waals surface area contributed by atoms with Crippen LogP contribution in [0.5, 0.6) is 5.75 Å². The van der Waals surface area contributed by atoms with Crippen LogP contribution >= 0.6 is 0 Å². The molecule has 1 aliphatic heterocycles. The molecule has 2 N–H and O–H groups in total. The minimum atomic E-state index is 0.0312. The Labute approximate surface area is 140 Å². The van der Waals surface area contributed by atoms with E-state index in [1.807, 2.05) is 24.0 Å². The van der Waals surface area contributed by atoms with Crippen LogP contribution in [0, 0.1) is 0 Å². The summed E-state index contributed by atoms with van der Waals surface area (Å²) in [5, 5.41) is 0. The Morgan fingerprint density at radius 1 is 1.26 bits per heavy atom. The molecule has 2 atom stereocenters. The van der Waals surface area contributed by atoms with Crippen molar-refractivity contribution in [3.63, 3.8) is 0 Å². The predicted molar refractivity (Wildman–Crippen MR) is 93.6 cm³/mol. The second-order valence-corrected chi connectivity index (χ2v) is 6.83. The molecular formula is C19H30N2O2. The van der Waals surface area contributed by atoms with Crippen molar-refractivity contribution in [2.24, 2.45) is 5.73 Å². The van der Waals surface area contributed by atoms with Gasteiger partial charge in [0.1, 0.15) is 5.75 Å². The molecule has 1 aromatic carbocycles. The van der Waals surface area contributed by atoms with Crippen LogP contribution in [0.25, 0.3) is 0 Å². The average molecular weight is 318 g/mol. The van der Waals surface area contributed by atoms with Gasteiger partial charge in [0.2, 0.25) is 5.91 Å². The van der Waals surface area contributed by atoms with Gasteiger partial charge in [-0.1, -0.05) is 26.0 Å². The summed E-state index contributed by atoms with van der Waals surface area (Å²) in [6.45, 7) is 7.57. The number of likely N-dealkylation sites (tertiary alicyclic amines) is 1. The number of hydrogen-bond acceptors (Lipinski definition) is 3. The summed E-state index contributed by atoms with van der Waals surface area (Å²) in [6.07, 6.45) is 3.66. The minimum Gasteiger partial charge on any atom is -0.493 e. The third kappa shape index (κ3) is 4.96. The maximum Gasteiger partial charge on any atom is 0.226 e. The summed E-state index contributed by atoms with van der Waals surface area (Å²) < 4.78 is 5.72. The number of piperidine rings is 1. The number of nitrogens with two attached hydrogens (primary N) is 1. The zero-order valence-electron chi connectivity index (χ0n) is 14.6. The summed E-state index contributed by atoms with van der Waals surface area (Å²) in [6, 6.07) is 8.33. The van der Waals surface area contributed by atoms with E-state index in [0.29, 0.717) is 18.9 Å². The molecule has 0 spiro atoms. The highest BCUT2D eigenvalue weighted by molar-refractivity contribution is 5.76. The van der Waals surface area contributed by atoms with Crippen LogP contribution in [0.3, 0.4) is 0 Å². The number of hydrogen-bond donors (Lipinski definition) is 1. The highest BCUT2D eigenvalue weighted by Crippen LogP contribution is 2.21. The van der Waals surface area contributed by atoms with Gasteiger partial charge in [-0.3, -0.25) is 4.79 Å². The molecule has 2 rings (SSSR count). The first kappa shape index (κ1) is 17.8. The number of ether oxygens (including phenoxy) is 1. The van der Waals surface area contributed by atoms with Crippen molar-refractivity contribution in [1.29, 1.82) is 0 Å². The van der Waals surface area contributed by atoms with Crippen LogP contribution in [0.2, 0.25) is 0 Å². The molecule has 1 aliphatic rings. The van der Waals surface area contributed by atoms with Crippen molar-refractivity contribution in [3.05, 3.63) is 29.8 Å². The van der Waals surface area contributed by atoms with E-state index >= 15 is 0 Å².